The first kappa shape index (κ1) is 25.9. The molecule has 1 saturated heterocycles. The topological polar surface area (TPSA) is 113 Å². The van der Waals surface area contributed by atoms with Crippen LogP contribution in [0.2, 0.25) is 5.02 Å². The summed E-state index contributed by atoms with van der Waals surface area (Å²) < 4.78 is 52.3. The minimum Gasteiger partial charge on any atom is -0.480 e. The van der Waals surface area contributed by atoms with E-state index in [4.69, 9.17) is 16.3 Å². The molecule has 192 valence electrons. The number of amidine groups is 1. The van der Waals surface area contributed by atoms with Gasteiger partial charge in [-0.3, -0.25) is 9.69 Å². The van der Waals surface area contributed by atoms with Crippen LogP contribution in [0.1, 0.15) is 29.5 Å². The van der Waals surface area contributed by atoms with Crippen molar-refractivity contribution in [2.24, 2.45) is 4.99 Å². The van der Waals surface area contributed by atoms with Crippen LogP contribution in [0.5, 0.6) is 0 Å². The highest BCUT2D eigenvalue weighted by Crippen LogP contribution is 2.38. The summed E-state index contributed by atoms with van der Waals surface area (Å²) in [5.74, 6) is -4.94. The first-order valence-electron chi connectivity index (χ1n) is 10.6. The Morgan fingerprint density at radius 1 is 1.39 bits per heavy atom. The van der Waals surface area contributed by atoms with E-state index in [-0.39, 0.29) is 40.8 Å². The minimum atomic E-state index is -3.11. The van der Waals surface area contributed by atoms with Gasteiger partial charge in [-0.2, -0.15) is 0 Å². The zero-order valence-electron chi connectivity index (χ0n) is 18.7. The number of nitrogens with zero attached hydrogens (tertiary/aromatic N) is 3. The SMILES string of the molecule is COC(=O)OC1=C(CN2CC(F)(F)CC[C@@H]2C(=O)O)NC(c2nccs2)=NC1c1ccc(F)cc1Cl. The van der Waals surface area contributed by atoms with Gasteiger partial charge in [-0.05, 0) is 18.6 Å². The van der Waals surface area contributed by atoms with Crippen LogP contribution in [0.25, 0.3) is 0 Å². The average Bonchev–Trinajstić information content (AvgIpc) is 3.34. The van der Waals surface area contributed by atoms with Crippen LogP contribution in [0.3, 0.4) is 0 Å². The molecule has 2 N–H and O–H groups in total. The van der Waals surface area contributed by atoms with E-state index < -0.39 is 48.9 Å². The second kappa shape index (κ2) is 10.4. The van der Waals surface area contributed by atoms with Crippen molar-refractivity contribution in [1.29, 1.82) is 0 Å². The highest BCUT2D eigenvalue weighted by molar-refractivity contribution is 7.11. The molecule has 1 aromatic carbocycles. The molecule has 4 rings (SSSR count). The lowest BCUT2D eigenvalue weighted by molar-refractivity contribution is -0.151. The summed E-state index contributed by atoms with van der Waals surface area (Å²) >= 11 is 7.51. The third-order valence-corrected chi connectivity index (χ3v) is 6.74. The monoisotopic (exact) mass is 544 g/mol. The Morgan fingerprint density at radius 2 is 2.17 bits per heavy atom. The molecule has 2 aliphatic rings. The Labute approximate surface area is 212 Å². The number of ether oxygens (including phenoxy) is 2. The van der Waals surface area contributed by atoms with Gasteiger partial charge < -0.3 is 19.9 Å². The number of hydrogen-bond donors (Lipinski definition) is 2. The van der Waals surface area contributed by atoms with Crippen LogP contribution in [0.4, 0.5) is 18.0 Å². The molecule has 9 nitrogen and oxygen atoms in total. The number of hydrogen-bond acceptors (Lipinski definition) is 9. The van der Waals surface area contributed by atoms with Gasteiger partial charge in [0.05, 0.1) is 19.4 Å². The average molecular weight is 545 g/mol. The van der Waals surface area contributed by atoms with Gasteiger partial charge in [-0.15, -0.1) is 11.3 Å². The zero-order chi connectivity index (χ0) is 26.0. The van der Waals surface area contributed by atoms with E-state index in [1.165, 1.54) is 23.6 Å². The maximum atomic E-state index is 14.3. The Hall–Kier alpha value is -3.16. The van der Waals surface area contributed by atoms with E-state index in [9.17, 15) is 27.9 Å². The number of carboxylic acids is 1. The molecule has 0 saturated carbocycles. The molecular formula is C22H20ClF3N4O5S. The number of methoxy groups -OCH3 is 1. The van der Waals surface area contributed by atoms with Crippen molar-refractivity contribution in [3.8, 4) is 0 Å². The molecule has 2 aliphatic heterocycles. The van der Waals surface area contributed by atoms with Crippen LogP contribution in [-0.2, 0) is 14.3 Å². The molecule has 2 atom stereocenters. The number of aliphatic imine (C=N–C) groups is 1. The van der Waals surface area contributed by atoms with Crippen LogP contribution < -0.4 is 5.32 Å². The van der Waals surface area contributed by atoms with Crippen LogP contribution in [0, 0.1) is 5.82 Å². The molecule has 1 aromatic heterocycles. The number of likely N-dealkylation sites (tertiary alicyclic amines) is 1. The molecule has 0 bridgehead atoms. The van der Waals surface area contributed by atoms with Gasteiger partial charge in [0.1, 0.15) is 17.9 Å². The molecule has 0 spiro atoms. The number of rotatable bonds is 6. The maximum Gasteiger partial charge on any atom is 0.513 e. The maximum absolute atomic E-state index is 14.3. The van der Waals surface area contributed by atoms with Crippen molar-refractivity contribution >= 4 is 40.9 Å². The third kappa shape index (κ3) is 5.63. The smallest absolute Gasteiger partial charge is 0.480 e. The van der Waals surface area contributed by atoms with Crippen molar-refractivity contribution in [1.82, 2.24) is 15.2 Å². The first-order chi connectivity index (χ1) is 17.1. The number of halogens is 4. The van der Waals surface area contributed by atoms with E-state index >= 15 is 0 Å². The lowest BCUT2D eigenvalue weighted by Crippen LogP contribution is -2.54. The summed E-state index contributed by atoms with van der Waals surface area (Å²) in [6.07, 6.45) is -0.444. The normalized spacial score (nSPS) is 22.0. The molecule has 14 heteroatoms. The Bertz CT molecular complexity index is 1220. The van der Waals surface area contributed by atoms with Crippen LogP contribution in [-0.4, -0.2) is 65.1 Å². The largest absolute Gasteiger partial charge is 0.513 e. The van der Waals surface area contributed by atoms with Gasteiger partial charge in [0.2, 0.25) is 0 Å². The van der Waals surface area contributed by atoms with E-state index in [0.29, 0.717) is 5.01 Å². The molecule has 3 heterocycles. The second-order valence-corrected chi connectivity index (χ2v) is 9.36. The third-order valence-electron chi connectivity index (χ3n) is 5.63. The molecular weight excluding hydrogens is 525 g/mol. The fourth-order valence-corrected chi connectivity index (χ4v) is 4.86. The number of piperidine rings is 1. The van der Waals surface area contributed by atoms with Gasteiger partial charge in [-0.25, -0.2) is 27.9 Å². The summed E-state index contributed by atoms with van der Waals surface area (Å²) in [4.78, 5) is 33.8. The van der Waals surface area contributed by atoms with Gasteiger partial charge in [0.25, 0.3) is 5.92 Å². The van der Waals surface area contributed by atoms with Crippen molar-refractivity contribution in [3.63, 3.8) is 0 Å². The summed E-state index contributed by atoms with van der Waals surface area (Å²) in [5.41, 5.74) is 0.332. The summed E-state index contributed by atoms with van der Waals surface area (Å²) in [6.45, 7) is -1.19. The molecule has 1 unspecified atom stereocenters. The second-order valence-electron chi connectivity index (χ2n) is 8.06. The summed E-state index contributed by atoms with van der Waals surface area (Å²) in [5, 5.41) is 14.7. The van der Waals surface area contributed by atoms with E-state index in [2.05, 4.69) is 20.0 Å². The van der Waals surface area contributed by atoms with Crippen molar-refractivity contribution < 1.29 is 37.3 Å². The number of carbonyl (C=O) groups is 2. The van der Waals surface area contributed by atoms with Crippen LogP contribution in [0.15, 0.2) is 46.2 Å². The van der Waals surface area contributed by atoms with Gasteiger partial charge >= 0.3 is 12.1 Å². The zero-order valence-corrected chi connectivity index (χ0v) is 20.3. The lowest BCUT2D eigenvalue weighted by Gasteiger charge is -2.38. The van der Waals surface area contributed by atoms with E-state index in [0.717, 1.165) is 24.1 Å². The lowest BCUT2D eigenvalue weighted by atomic mass is 9.97. The van der Waals surface area contributed by atoms with Crippen molar-refractivity contribution in [3.05, 3.63) is 62.6 Å². The van der Waals surface area contributed by atoms with Crippen molar-refractivity contribution in [2.45, 2.75) is 30.8 Å². The first-order valence-corrected chi connectivity index (χ1v) is 11.9. The molecule has 1 fully saturated rings. The van der Waals surface area contributed by atoms with Gasteiger partial charge in [0.15, 0.2) is 16.6 Å². The highest BCUT2D eigenvalue weighted by atomic mass is 35.5. The summed E-state index contributed by atoms with van der Waals surface area (Å²) in [7, 11) is 1.08. The highest BCUT2D eigenvalue weighted by Gasteiger charge is 2.44. The van der Waals surface area contributed by atoms with Gasteiger partial charge in [0, 0.05) is 35.1 Å². The van der Waals surface area contributed by atoms with Crippen molar-refractivity contribution in [2.75, 3.05) is 20.2 Å². The predicted octanol–water partition coefficient (Wildman–Crippen LogP) is 4.21. The Morgan fingerprint density at radius 3 is 2.81 bits per heavy atom. The van der Waals surface area contributed by atoms with Gasteiger partial charge in [-0.1, -0.05) is 17.7 Å². The number of alkyl halides is 2. The number of aromatic nitrogens is 1. The van der Waals surface area contributed by atoms with E-state index in [1.807, 2.05) is 0 Å². The number of nitrogens with one attached hydrogen (secondary N) is 1. The minimum absolute atomic E-state index is 0.0256. The fraction of sp³-hybridized carbons (Fsp3) is 0.364. The molecule has 0 aliphatic carbocycles. The molecule has 2 aromatic rings. The number of benzene rings is 1. The Kier molecular flexibility index (Phi) is 7.52. The molecule has 36 heavy (non-hydrogen) atoms. The predicted molar refractivity (Wildman–Crippen MR) is 124 cm³/mol. The number of thiazole rings is 1. The fourth-order valence-electron chi connectivity index (χ4n) is 4.00. The standard InChI is InChI=1S/C22H20ClF3N4O5S/c1-34-21(33)35-17-14(9-30-10-22(25,26)5-4-15(30)20(31)32)28-18(19-27-6-7-36-19)29-16(17)12-3-2-11(24)8-13(12)23/h2-3,6-8,15-16H,4-5,9-10H2,1H3,(H,28,29)(H,31,32)/t15-,16?/m1/s1. The summed E-state index contributed by atoms with van der Waals surface area (Å²) in [6, 6.07) is 1.22. The quantitative estimate of drug-likeness (QED) is 0.520. The number of carboxylic acid groups (broad SMARTS) is 1. The number of carbonyl (C=O) groups excluding carboxylic acids is 1. The van der Waals surface area contributed by atoms with E-state index in [1.54, 1.807) is 5.38 Å². The van der Waals surface area contributed by atoms with Crippen LogP contribution >= 0.6 is 22.9 Å². The molecule has 0 radical (unpaired) electrons. The number of aliphatic carboxylic acids is 1. The molecule has 0 amide bonds. The Balaban J connectivity index is 1.83.